The van der Waals surface area contributed by atoms with Gasteiger partial charge in [0.15, 0.2) is 6.10 Å². The Morgan fingerprint density at radius 3 is 1.76 bits per heavy atom. The van der Waals surface area contributed by atoms with Crippen molar-refractivity contribution in [3.8, 4) is 45.3 Å². The number of ether oxygens (including phenoxy) is 4. The lowest BCUT2D eigenvalue weighted by atomic mass is 9.91. The second-order valence-electron chi connectivity index (χ2n) is 18.1. The van der Waals surface area contributed by atoms with E-state index in [0.29, 0.717) is 30.5 Å². The van der Waals surface area contributed by atoms with Crippen LogP contribution >= 0.6 is 0 Å². The topological polar surface area (TPSA) is 209 Å². The molecule has 6 heterocycles. The van der Waals surface area contributed by atoms with E-state index in [9.17, 15) is 19.2 Å². The van der Waals surface area contributed by atoms with Crippen molar-refractivity contribution in [2.45, 2.75) is 83.6 Å². The van der Waals surface area contributed by atoms with Crippen molar-refractivity contribution in [2.75, 3.05) is 34.4 Å². The lowest BCUT2D eigenvalue weighted by molar-refractivity contribution is -0.136. The van der Waals surface area contributed by atoms with Crippen molar-refractivity contribution in [3.05, 3.63) is 95.8 Å². The van der Waals surface area contributed by atoms with Gasteiger partial charge in [-0.25, -0.2) is 19.6 Å². The van der Waals surface area contributed by atoms with Gasteiger partial charge in [0.25, 0.3) is 0 Å². The number of fused-ring (bicyclic) bond motifs is 5. The molecule has 2 saturated heterocycles. The number of alkyl carbamates (subject to hydrolysis) is 2. The molecule has 5 atom stereocenters. The zero-order valence-corrected chi connectivity index (χ0v) is 38.8. The molecule has 17 heteroatoms. The van der Waals surface area contributed by atoms with Crippen LogP contribution in [0, 0.1) is 11.8 Å². The Morgan fingerprint density at radius 1 is 0.701 bits per heavy atom. The van der Waals surface area contributed by atoms with Crippen LogP contribution < -0.4 is 20.1 Å². The van der Waals surface area contributed by atoms with Crippen LogP contribution in [0.2, 0.25) is 0 Å². The molecule has 0 bridgehead atoms. The maximum atomic E-state index is 13.8. The lowest BCUT2D eigenvalue weighted by Crippen LogP contribution is -2.51. The van der Waals surface area contributed by atoms with Gasteiger partial charge in [-0.3, -0.25) is 9.59 Å². The summed E-state index contributed by atoms with van der Waals surface area (Å²) in [5.41, 5.74) is 8.09. The lowest BCUT2D eigenvalue weighted by Gasteiger charge is -2.30. The van der Waals surface area contributed by atoms with Gasteiger partial charge in [-0.2, -0.15) is 0 Å². The molecule has 3 aliphatic rings. The monoisotopic (exact) mass is 911 g/mol. The minimum Gasteiger partial charge on any atom is -0.497 e. The fraction of sp³-hybridized carbons (Fsp3) is 0.400. The van der Waals surface area contributed by atoms with E-state index < -0.39 is 30.4 Å². The number of imidazole rings is 2. The third-order valence-electron chi connectivity index (χ3n) is 13.3. The summed E-state index contributed by atoms with van der Waals surface area (Å²) in [6.07, 6.45) is 4.94. The van der Waals surface area contributed by atoms with Crippen LogP contribution in [0.1, 0.15) is 94.3 Å². The fourth-order valence-electron chi connectivity index (χ4n) is 9.75. The van der Waals surface area contributed by atoms with E-state index in [-0.39, 0.29) is 35.7 Å². The summed E-state index contributed by atoms with van der Waals surface area (Å²) < 4.78 is 22.2. The SMILES string of the molecule is COC(=O)NC(C(=O)N1CCC[C@H]1c1ncc(-c2ccc3c(c2)OC(c2ccc(OC)cc2)c2c-3[nH]c3ccc(-c4cnc([C@@H]5CCCN5C(=O)C(NC(=O)OC)C(C)C)[nH]4)cc23)[nH]1)C(C)C. The van der Waals surface area contributed by atoms with Gasteiger partial charge >= 0.3 is 12.2 Å². The molecule has 17 nitrogen and oxygen atoms in total. The number of aromatic nitrogens is 5. The van der Waals surface area contributed by atoms with Crippen LogP contribution in [0.4, 0.5) is 9.59 Å². The van der Waals surface area contributed by atoms with Crippen molar-refractivity contribution in [1.29, 1.82) is 0 Å². The fourth-order valence-corrected chi connectivity index (χ4v) is 9.75. The highest BCUT2D eigenvalue weighted by atomic mass is 16.5. The molecule has 5 N–H and O–H groups in total. The van der Waals surface area contributed by atoms with Crippen molar-refractivity contribution in [3.63, 3.8) is 0 Å². The third-order valence-corrected chi connectivity index (χ3v) is 13.3. The summed E-state index contributed by atoms with van der Waals surface area (Å²) in [5, 5.41) is 6.42. The summed E-state index contributed by atoms with van der Waals surface area (Å²) in [5.74, 6) is 2.18. The summed E-state index contributed by atoms with van der Waals surface area (Å²) in [4.78, 5) is 75.8. The second-order valence-corrected chi connectivity index (χ2v) is 18.1. The van der Waals surface area contributed by atoms with E-state index in [0.717, 1.165) is 87.2 Å². The predicted octanol–water partition coefficient (Wildman–Crippen LogP) is 8.19. The molecular weight excluding hydrogens is 855 g/mol. The molecular formula is C50H57N9O8. The van der Waals surface area contributed by atoms with E-state index >= 15 is 0 Å². The first-order valence-electron chi connectivity index (χ1n) is 22.9. The Bertz CT molecular complexity index is 2810. The number of hydrogen-bond acceptors (Lipinski definition) is 10. The highest BCUT2D eigenvalue weighted by Crippen LogP contribution is 2.49. The molecule has 4 amide bonds. The molecule has 0 radical (unpaired) electrons. The number of carbonyl (C=O) groups excluding carboxylic acids is 4. The number of nitrogens with zero attached hydrogens (tertiary/aromatic N) is 4. The number of benzene rings is 3. The summed E-state index contributed by atoms with van der Waals surface area (Å²) in [6.45, 7) is 8.71. The largest absolute Gasteiger partial charge is 0.497 e. The molecule has 0 aliphatic carbocycles. The molecule has 2 fully saturated rings. The van der Waals surface area contributed by atoms with Gasteiger partial charge in [-0.1, -0.05) is 52.0 Å². The van der Waals surface area contributed by atoms with Gasteiger partial charge in [-0.15, -0.1) is 0 Å². The van der Waals surface area contributed by atoms with Gasteiger partial charge in [0.1, 0.15) is 35.2 Å². The smallest absolute Gasteiger partial charge is 0.407 e. The number of carbonyl (C=O) groups is 4. The van der Waals surface area contributed by atoms with Crippen molar-refractivity contribution >= 4 is 34.9 Å². The Morgan fingerprint density at radius 2 is 1.24 bits per heavy atom. The number of aromatic amines is 3. The van der Waals surface area contributed by atoms with Gasteiger partial charge < -0.3 is 54.3 Å². The number of nitrogens with one attached hydrogen (secondary N) is 5. The summed E-state index contributed by atoms with van der Waals surface area (Å²) >= 11 is 0. The average molecular weight is 912 g/mol. The first-order valence-corrected chi connectivity index (χ1v) is 22.9. The van der Waals surface area contributed by atoms with Crippen LogP contribution in [0.25, 0.3) is 44.7 Å². The van der Waals surface area contributed by atoms with Gasteiger partial charge in [0, 0.05) is 46.2 Å². The van der Waals surface area contributed by atoms with Crippen molar-refractivity contribution in [1.82, 2.24) is 45.4 Å². The minimum absolute atomic E-state index is 0.139. The van der Waals surface area contributed by atoms with Crippen molar-refractivity contribution < 1.29 is 38.1 Å². The van der Waals surface area contributed by atoms with Gasteiger partial charge in [0.05, 0.1) is 62.9 Å². The first kappa shape index (κ1) is 44.9. The van der Waals surface area contributed by atoms with Crippen LogP contribution in [0.5, 0.6) is 11.5 Å². The molecule has 3 aliphatic heterocycles. The number of H-pyrrole nitrogens is 3. The number of rotatable bonds is 12. The minimum atomic E-state index is -0.729. The molecule has 3 aromatic heterocycles. The number of methoxy groups -OCH3 is 3. The van der Waals surface area contributed by atoms with Crippen LogP contribution in [0.3, 0.4) is 0 Å². The number of likely N-dealkylation sites (tertiary alicyclic amines) is 2. The van der Waals surface area contributed by atoms with Crippen LogP contribution in [-0.2, 0) is 19.1 Å². The standard InChI is InChI=1S/C50H57N9O8/c1-26(2)41(56-49(62)65-6)47(60)58-20-8-10-37(58)45-51-24-35(54-45)29-15-19-34-33(22-29)40-43(53-34)32-18-14-30(23-39(32)67-44(40)28-12-16-31(64-5)17-13-28)36-25-52-46(55-36)38-11-9-21-59(38)48(61)42(27(3)4)57-50(63)66-7/h12-19,22-27,37-38,41-42,44,53H,8-11,20-21H2,1-7H3,(H,51,54)(H,52,55)(H,56,62)(H,57,63)/t37-,38-,41?,42?,44?/m0/s1. The third kappa shape index (κ3) is 8.53. The molecule has 0 spiro atoms. The molecule has 3 unspecified atom stereocenters. The van der Waals surface area contributed by atoms with Crippen molar-refractivity contribution in [2.24, 2.45) is 11.8 Å². The van der Waals surface area contributed by atoms with Gasteiger partial charge in [-0.05, 0) is 79.5 Å². The quantitative estimate of drug-likeness (QED) is 0.0795. The van der Waals surface area contributed by atoms with Crippen LogP contribution in [0.15, 0.2) is 73.1 Å². The van der Waals surface area contributed by atoms with E-state index in [1.165, 1.54) is 14.2 Å². The number of hydrogen-bond donors (Lipinski definition) is 5. The number of amides is 4. The Balaban J connectivity index is 1.02. The molecule has 67 heavy (non-hydrogen) atoms. The maximum Gasteiger partial charge on any atom is 0.407 e. The Kier molecular flexibility index (Phi) is 12.4. The Labute approximate surface area is 388 Å². The van der Waals surface area contributed by atoms with Gasteiger partial charge in [0.2, 0.25) is 11.8 Å². The van der Waals surface area contributed by atoms with E-state index in [2.05, 4.69) is 49.9 Å². The summed E-state index contributed by atoms with van der Waals surface area (Å²) in [6, 6.07) is 18.3. The first-order chi connectivity index (χ1) is 32.4. The van der Waals surface area contributed by atoms with E-state index in [4.69, 9.17) is 28.9 Å². The molecule has 6 aromatic rings. The zero-order chi connectivity index (χ0) is 47.1. The molecule has 3 aromatic carbocycles. The Hall–Kier alpha value is -7.30. The second kappa shape index (κ2) is 18.5. The molecule has 350 valence electrons. The molecule has 0 saturated carbocycles. The van der Waals surface area contributed by atoms with E-state index in [1.807, 2.05) is 75.2 Å². The summed E-state index contributed by atoms with van der Waals surface area (Å²) in [7, 11) is 4.22. The van der Waals surface area contributed by atoms with E-state index in [1.54, 1.807) is 18.2 Å². The highest BCUT2D eigenvalue weighted by molar-refractivity contribution is 5.96. The molecule has 9 rings (SSSR count). The normalized spacial score (nSPS) is 18.6. The highest BCUT2D eigenvalue weighted by Gasteiger charge is 2.40. The van der Waals surface area contributed by atoms with Crippen LogP contribution in [-0.4, -0.2) is 105 Å². The average Bonchev–Trinajstić information content (AvgIpc) is 4.20. The maximum absolute atomic E-state index is 13.8. The predicted molar refractivity (Wildman–Crippen MR) is 250 cm³/mol. The zero-order valence-electron chi connectivity index (χ0n) is 38.8.